The summed E-state index contributed by atoms with van der Waals surface area (Å²) in [6, 6.07) is 0. The van der Waals surface area contributed by atoms with Crippen molar-refractivity contribution in [2.75, 3.05) is 0 Å². The van der Waals surface area contributed by atoms with Crippen LogP contribution in [0.15, 0.2) is 12.2 Å². The highest BCUT2D eigenvalue weighted by Gasteiger charge is 2.18. The molecule has 0 saturated carbocycles. The maximum absolute atomic E-state index is 11.6. The van der Waals surface area contributed by atoms with Gasteiger partial charge in [0.15, 0.2) is 0 Å². The van der Waals surface area contributed by atoms with Crippen LogP contribution in [0.5, 0.6) is 0 Å². The monoisotopic (exact) mass is 282 g/mol. The smallest absolute Gasteiger partial charge is 0.313 e. The lowest BCUT2D eigenvalue weighted by Gasteiger charge is -2.19. The molecule has 0 atom stereocenters. The maximum Gasteiger partial charge on any atom is 0.313 e. The Morgan fingerprint density at radius 3 is 2.25 bits per heavy atom. The van der Waals surface area contributed by atoms with Gasteiger partial charge in [-0.1, -0.05) is 32.4 Å². The van der Waals surface area contributed by atoms with Crippen LogP contribution in [0, 0.1) is 5.92 Å². The molecule has 0 radical (unpaired) electrons. The van der Waals surface area contributed by atoms with E-state index in [0.29, 0.717) is 12.8 Å². The van der Waals surface area contributed by atoms with Crippen LogP contribution < -0.4 is 0 Å². The van der Waals surface area contributed by atoms with E-state index in [0.717, 1.165) is 12.3 Å². The highest BCUT2D eigenvalue weighted by Crippen LogP contribution is 2.10. The van der Waals surface area contributed by atoms with E-state index in [1.54, 1.807) is 20.8 Å². The Morgan fingerprint density at radius 2 is 1.70 bits per heavy atom. The number of unbranched alkanes of at least 4 members (excludes halogenated alkanes) is 1. The van der Waals surface area contributed by atoms with Gasteiger partial charge in [0.25, 0.3) is 0 Å². The minimum absolute atomic E-state index is 0.0499. The molecule has 0 heterocycles. The Labute approximate surface area is 123 Å². The minimum Gasteiger partial charge on any atom is -0.460 e. The molecule has 0 N–H and O–H groups in total. The first kappa shape index (κ1) is 18.9. The zero-order chi connectivity index (χ0) is 15.6. The Balaban J connectivity index is 3.68. The zero-order valence-electron chi connectivity index (χ0n) is 13.7. The third kappa shape index (κ3) is 13.3. The fraction of sp³-hybridized carbons (Fsp3) is 0.765. The zero-order valence-corrected chi connectivity index (χ0v) is 13.7. The summed E-state index contributed by atoms with van der Waals surface area (Å²) in [5.74, 6) is 0.272. The first-order valence-electron chi connectivity index (χ1n) is 7.59. The van der Waals surface area contributed by atoms with Crippen LogP contribution in [-0.4, -0.2) is 17.4 Å². The van der Waals surface area contributed by atoms with E-state index in [2.05, 4.69) is 19.9 Å². The van der Waals surface area contributed by atoms with E-state index in [-0.39, 0.29) is 12.2 Å². The summed E-state index contributed by atoms with van der Waals surface area (Å²) in [6.07, 6.45) is 8.68. The van der Waals surface area contributed by atoms with E-state index in [1.807, 2.05) is 6.08 Å². The van der Waals surface area contributed by atoms with Crippen LogP contribution in [0.1, 0.15) is 73.1 Å². The number of hydrogen-bond acceptors (Lipinski definition) is 3. The van der Waals surface area contributed by atoms with E-state index < -0.39 is 11.6 Å². The van der Waals surface area contributed by atoms with Gasteiger partial charge in [0.05, 0.1) is 0 Å². The Bertz CT molecular complexity index is 322. The summed E-state index contributed by atoms with van der Waals surface area (Å²) >= 11 is 0. The predicted molar refractivity (Wildman–Crippen MR) is 82.5 cm³/mol. The summed E-state index contributed by atoms with van der Waals surface area (Å²) in [6.45, 7) is 9.85. The normalized spacial score (nSPS) is 12.1. The van der Waals surface area contributed by atoms with Crippen molar-refractivity contribution in [2.45, 2.75) is 78.7 Å². The van der Waals surface area contributed by atoms with Crippen molar-refractivity contribution in [3.05, 3.63) is 12.2 Å². The molecule has 20 heavy (non-hydrogen) atoms. The summed E-state index contributed by atoms with van der Waals surface area (Å²) in [7, 11) is 0. The molecule has 3 heteroatoms. The second kappa shape index (κ2) is 9.73. The molecule has 0 aromatic rings. The van der Waals surface area contributed by atoms with Gasteiger partial charge in [-0.2, -0.15) is 0 Å². The quantitative estimate of drug-likeness (QED) is 0.271. The summed E-state index contributed by atoms with van der Waals surface area (Å²) < 4.78 is 5.11. The summed E-state index contributed by atoms with van der Waals surface area (Å²) in [5.41, 5.74) is -0.520. The number of Topliss-reactive ketones (excluding diaryl/α,β-unsaturated/α-hetero) is 1. The van der Waals surface area contributed by atoms with Crippen molar-refractivity contribution >= 4 is 11.8 Å². The van der Waals surface area contributed by atoms with Gasteiger partial charge in [-0.05, 0) is 46.0 Å². The number of rotatable bonds is 9. The van der Waals surface area contributed by atoms with E-state index >= 15 is 0 Å². The maximum atomic E-state index is 11.6. The van der Waals surface area contributed by atoms with Gasteiger partial charge < -0.3 is 4.74 Å². The highest BCUT2D eigenvalue weighted by atomic mass is 16.6. The predicted octanol–water partition coefficient (Wildman–Crippen LogP) is 4.45. The number of hydrogen-bond donors (Lipinski definition) is 0. The second-order valence-corrected chi connectivity index (χ2v) is 6.64. The van der Waals surface area contributed by atoms with Gasteiger partial charge in [-0.15, -0.1) is 0 Å². The van der Waals surface area contributed by atoms with Crippen molar-refractivity contribution < 1.29 is 14.3 Å². The Morgan fingerprint density at radius 1 is 1.10 bits per heavy atom. The third-order valence-electron chi connectivity index (χ3n) is 2.67. The molecule has 0 spiro atoms. The van der Waals surface area contributed by atoms with Gasteiger partial charge in [0.1, 0.15) is 17.8 Å². The number of esters is 1. The van der Waals surface area contributed by atoms with E-state index in [4.69, 9.17) is 4.74 Å². The minimum atomic E-state index is -0.520. The first-order chi connectivity index (χ1) is 9.20. The van der Waals surface area contributed by atoms with Gasteiger partial charge in [0, 0.05) is 6.42 Å². The molecule has 0 rings (SSSR count). The molecule has 0 aliphatic heterocycles. The number of ketones is 1. The van der Waals surface area contributed by atoms with Crippen molar-refractivity contribution in [3.8, 4) is 0 Å². The van der Waals surface area contributed by atoms with Gasteiger partial charge in [-0.25, -0.2) is 0 Å². The highest BCUT2D eigenvalue weighted by molar-refractivity contribution is 5.95. The van der Waals surface area contributed by atoms with Crippen LogP contribution in [0.3, 0.4) is 0 Å². The average molecular weight is 282 g/mol. The van der Waals surface area contributed by atoms with Crippen molar-refractivity contribution in [2.24, 2.45) is 5.92 Å². The molecule has 0 aromatic heterocycles. The molecule has 0 aliphatic carbocycles. The molecule has 0 fully saturated rings. The lowest BCUT2D eigenvalue weighted by atomic mass is 10.1. The van der Waals surface area contributed by atoms with Gasteiger partial charge in [-0.3, -0.25) is 9.59 Å². The third-order valence-corrected chi connectivity index (χ3v) is 2.67. The molecular weight excluding hydrogens is 252 g/mol. The van der Waals surface area contributed by atoms with Crippen LogP contribution >= 0.6 is 0 Å². The molecule has 116 valence electrons. The SMILES string of the molecule is CC(C)CCCC=CCCC(=O)CC(=O)OC(C)(C)C. The molecule has 0 saturated heterocycles. The van der Waals surface area contributed by atoms with Crippen LogP contribution in [0.2, 0.25) is 0 Å². The molecule has 0 amide bonds. The summed E-state index contributed by atoms with van der Waals surface area (Å²) in [4.78, 5) is 23.0. The average Bonchev–Trinajstić information content (AvgIpc) is 2.24. The molecule has 0 aliphatic rings. The lowest BCUT2D eigenvalue weighted by molar-refractivity contribution is -0.156. The first-order valence-corrected chi connectivity index (χ1v) is 7.59. The standard InChI is InChI=1S/C17H30O3/c1-14(2)11-9-7-6-8-10-12-15(18)13-16(19)20-17(3,4)5/h6,8,14H,7,9-13H2,1-5H3. The fourth-order valence-corrected chi connectivity index (χ4v) is 1.75. The van der Waals surface area contributed by atoms with E-state index in [9.17, 15) is 9.59 Å². The van der Waals surface area contributed by atoms with E-state index in [1.165, 1.54) is 12.8 Å². The topological polar surface area (TPSA) is 43.4 Å². The number of ether oxygens (including phenoxy) is 1. The molecule has 3 nitrogen and oxygen atoms in total. The summed E-state index contributed by atoms with van der Waals surface area (Å²) in [5, 5.41) is 0. The molecular formula is C17H30O3. The van der Waals surface area contributed by atoms with Gasteiger partial charge in [0.2, 0.25) is 0 Å². The van der Waals surface area contributed by atoms with Crippen molar-refractivity contribution in [1.82, 2.24) is 0 Å². The van der Waals surface area contributed by atoms with Crippen LogP contribution in [0.25, 0.3) is 0 Å². The number of carbonyl (C=O) groups excluding carboxylic acids is 2. The van der Waals surface area contributed by atoms with Gasteiger partial charge >= 0.3 is 5.97 Å². The van der Waals surface area contributed by atoms with Crippen molar-refractivity contribution in [1.29, 1.82) is 0 Å². The van der Waals surface area contributed by atoms with Crippen LogP contribution in [-0.2, 0) is 14.3 Å². The molecule has 0 aromatic carbocycles. The molecule has 0 unspecified atom stereocenters. The Kier molecular flexibility index (Phi) is 9.19. The second-order valence-electron chi connectivity index (χ2n) is 6.64. The number of allylic oxidation sites excluding steroid dienone is 2. The number of carbonyl (C=O) groups is 2. The largest absolute Gasteiger partial charge is 0.460 e. The fourth-order valence-electron chi connectivity index (χ4n) is 1.75. The molecule has 0 bridgehead atoms. The van der Waals surface area contributed by atoms with Crippen LogP contribution in [0.4, 0.5) is 0 Å². The lowest BCUT2D eigenvalue weighted by Crippen LogP contribution is -2.25. The Hall–Kier alpha value is -1.12. The van der Waals surface area contributed by atoms with Crippen molar-refractivity contribution in [3.63, 3.8) is 0 Å².